The molecule has 0 unspecified atom stereocenters. The van der Waals surface area contributed by atoms with E-state index in [1.165, 1.54) is 0 Å². The van der Waals surface area contributed by atoms with Crippen LogP contribution in [0.25, 0.3) is 16.4 Å². The molecule has 4 aromatic rings. The summed E-state index contributed by atoms with van der Waals surface area (Å²) >= 11 is 0. The van der Waals surface area contributed by atoms with Gasteiger partial charge < -0.3 is 4.90 Å². The highest BCUT2D eigenvalue weighted by Crippen LogP contribution is 2.26. The molecule has 2 aromatic carbocycles. The van der Waals surface area contributed by atoms with Gasteiger partial charge in [0.15, 0.2) is 5.65 Å². The van der Waals surface area contributed by atoms with Gasteiger partial charge in [-0.25, -0.2) is 13.1 Å². The molecule has 0 radical (unpaired) electrons. The summed E-state index contributed by atoms with van der Waals surface area (Å²) < 4.78 is 29.9. The zero-order valence-electron chi connectivity index (χ0n) is 17.4. The SMILES string of the molecule is O=C(CNS(=O)(=O)c1ccc2ccccc2c1)N1CCC[C@@H](c2nnc3ccccn23)C1. The maximum Gasteiger partial charge on any atom is 0.241 e. The Morgan fingerprint density at radius 1 is 1.03 bits per heavy atom. The second kappa shape index (κ2) is 8.33. The highest BCUT2D eigenvalue weighted by atomic mass is 32.2. The molecule has 1 aliphatic rings. The third kappa shape index (κ3) is 3.96. The molecule has 8 nitrogen and oxygen atoms in total. The number of fused-ring (bicyclic) bond motifs is 2. The van der Waals surface area contributed by atoms with Crippen molar-refractivity contribution in [1.82, 2.24) is 24.2 Å². The average molecular weight is 450 g/mol. The number of hydrogen-bond donors (Lipinski definition) is 1. The van der Waals surface area contributed by atoms with Gasteiger partial charge in [-0.3, -0.25) is 9.20 Å². The number of benzene rings is 2. The largest absolute Gasteiger partial charge is 0.341 e. The topological polar surface area (TPSA) is 96.7 Å². The van der Waals surface area contributed by atoms with Crippen LogP contribution in [0.4, 0.5) is 0 Å². The van der Waals surface area contributed by atoms with Crippen molar-refractivity contribution >= 4 is 32.4 Å². The van der Waals surface area contributed by atoms with Gasteiger partial charge in [-0.1, -0.05) is 36.4 Å². The summed E-state index contributed by atoms with van der Waals surface area (Å²) in [7, 11) is -3.79. The number of likely N-dealkylation sites (tertiary alicyclic amines) is 1. The lowest BCUT2D eigenvalue weighted by atomic mass is 9.97. The molecule has 0 saturated carbocycles. The maximum atomic E-state index is 12.8. The number of nitrogens with one attached hydrogen (secondary N) is 1. The Hall–Kier alpha value is -3.30. The van der Waals surface area contributed by atoms with Crippen LogP contribution in [-0.2, 0) is 14.8 Å². The molecule has 9 heteroatoms. The number of pyridine rings is 1. The minimum Gasteiger partial charge on any atom is -0.341 e. The Morgan fingerprint density at radius 3 is 2.72 bits per heavy atom. The van der Waals surface area contributed by atoms with Crippen LogP contribution in [0.15, 0.2) is 71.8 Å². The standard InChI is InChI=1S/C23H23N5O3S/c29-22(15-24-32(30,31)20-11-10-17-6-1-2-7-18(17)14-20)27-12-5-8-19(16-27)23-26-25-21-9-3-4-13-28(21)23/h1-4,6-7,9-11,13-14,19,24H,5,8,12,15-16H2/t19-/m1/s1. The lowest BCUT2D eigenvalue weighted by Gasteiger charge is -2.32. The van der Waals surface area contributed by atoms with Gasteiger partial charge >= 0.3 is 0 Å². The molecule has 5 rings (SSSR count). The number of hydrogen-bond acceptors (Lipinski definition) is 5. The summed E-state index contributed by atoms with van der Waals surface area (Å²) in [5, 5.41) is 10.3. The van der Waals surface area contributed by atoms with Crippen molar-refractivity contribution in [1.29, 1.82) is 0 Å². The minimum atomic E-state index is -3.79. The fourth-order valence-corrected chi connectivity index (χ4v) is 5.25. The molecular formula is C23H23N5O3S. The lowest BCUT2D eigenvalue weighted by molar-refractivity contribution is -0.131. The molecule has 0 aliphatic carbocycles. The zero-order valence-corrected chi connectivity index (χ0v) is 18.2. The minimum absolute atomic E-state index is 0.0576. The molecule has 1 fully saturated rings. The van der Waals surface area contributed by atoms with Crippen molar-refractivity contribution < 1.29 is 13.2 Å². The van der Waals surface area contributed by atoms with Crippen molar-refractivity contribution in [3.8, 4) is 0 Å². The van der Waals surface area contributed by atoms with Gasteiger partial charge in [0.25, 0.3) is 0 Å². The lowest BCUT2D eigenvalue weighted by Crippen LogP contribution is -2.44. The van der Waals surface area contributed by atoms with Gasteiger partial charge in [-0.05, 0) is 47.9 Å². The molecule has 3 heterocycles. The predicted octanol–water partition coefficient (Wildman–Crippen LogP) is 2.57. The van der Waals surface area contributed by atoms with Crippen LogP contribution in [0.1, 0.15) is 24.6 Å². The maximum absolute atomic E-state index is 12.8. The van der Waals surface area contributed by atoms with Gasteiger partial charge in [-0.15, -0.1) is 10.2 Å². The van der Waals surface area contributed by atoms with Gasteiger partial charge in [0.1, 0.15) is 5.82 Å². The van der Waals surface area contributed by atoms with Gasteiger partial charge in [0.05, 0.1) is 11.4 Å². The number of piperidine rings is 1. The van der Waals surface area contributed by atoms with Gasteiger partial charge in [0.2, 0.25) is 15.9 Å². The molecule has 1 amide bonds. The predicted molar refractivity (Wildman–Crippen MR) is 121 cm³/mol. The van der Waals surface area contributed by atoms with E-state index in [9.17, 15) is 13.2 Å². The van der Waals surface area contributed by atoms with E-state index < -0.39 is 10.0 Å². The van der Waals surface area contributed by atoms with E-state index in [4.69, 9.17) is 0 Å². The molecule has 1 saturated heterocycles. The summed E-state index contributed by atoms with van der Waals surface area (Å²) in [6, 6.07) is 18.2. The van der Waals surface area contributed by atoms with E-state index in [2.05, 4.69) is 14.9 Å². The first-order chi connectivity index (χ1) is 15.5. The van der Waals surface area contributed by atoms with E-state index >= 15 is 0 Å². The van der Waals surface area contributed by atoms with Crippen molar-refractivity contribution in [3.63, 3.8) is 0 Å². The molecule has 1 aliphatic heterocycles. The Kier molecular flexibility index (Phi) is 5.36. The first-order valence-corrected chi connectivity index (χ1v) is 12.1. The molecule has 164 valence electrons. The average Bonchev–Trinajstić information content (AvgIpc) is 3.26. The number of sulfonamides is 1. The zero-order chi connectivity index (χ0) is 22.1. The number of amides is 1. The summed E-state index contributed by atoms with van der Waals surface area (Å²) in [5.41, 5.74) is 0.772. The van der Waals surface area contributed by atoms with Crippen LogP contribution < -0.4 is 4.72 Å². The Bertz CT molecular complexity index is 1400. The van der Waals surface area contributed by atoms with Crippen LogP contribution in [0.3, 0.4) is 0 Å². The summed E-state index contributed by atoms with van der Waals surface area (Å²) in [5.74, 6) is 0.643. The van der Waals surface area contributed by atoms with Crippen LogP contribution in [0, 0.1) is 0 Å². The van der Waals surface area contributed by atoms with Crippen molar-refractivity contribution in [2.75, 3.05) is 19.6 Å². The third-order valence-corrected chi connectivity index (χ3v) is 7.32. The first-order valence-electron chi connectivity index (χ1n) is 10.6. The van der Waals surface area contributed by atoms with E-state index in [-0.39, 0.29) is 23.3 Å². The van der Waals surface area contributed by atoms with Crippen LogP contribution in [0.2, 0.25) is 0 Å². The van der Waals surface area contributed by atoms with Gasteiger partial charge in [-0.2, -0.15) is 0 Å². The van der Waals surface area contributed by atoms with Crippen molar-refractivity contribution in [3.05, 3.63) is 72.7 Å². The number of carbonyl (C=O) groups excluding carboxylic acids is 1. The fourth-order valence-electron chi connectivity index (χ4n) is 4.24. The molecule has 0 spiro atoms. The quantitative estimate of drug-likeness (QED) is 0.505. The second-order valence-corrected chi connectivity index (χ2v) is 9.77. The number of aromatic nitrogens is 3. The Balaban J connectivity index is 1.27. The first kappa shape index (κ1) is 20.6. The number of rotatable bonds is 5. The molecule has 2 aromatic heterocycles. The van der Waals surface area contributed by atoms with E-state index in [0.717, 1.165) is 35.1 Å². The molecule has 1 N–H and O–H groups in total. The van der Waals surface area contributed by atoms with E-state index in [1.54, 1.807) is 23.1 Å². The summed E-state index contributed by atoms with van der Waals surface area (Å²) in [4.78, 5) is 14.7. The molecule has 32 heavy (non-hydrogen) atoms. The van der Waals surface area contributed by atoms with Crippen LogP contribution in [0.5, 0.6) is 0 Å². The normalized spacial score (nSPS) is 17.1. The Morgan fingerprint density at radius 2 is 1.84 bits per heavy atom. The van der Waals surface area contributed by atoms with Gasteiger partial charge in [0, 0.05) is 25.2 Å². The smallest absolute Gasteiger partial charge is 0.241 e. The third-order valence-electron chi connectivity index (χ3n) is 5.92. The number of nitrogens with zero attached hydrogens (tertiary/aromatic N) is 4. The fraction of sp³-hybridized carbons (Fsp3) is 0.261. The van der Waals surface area contributed by atoms with Crippen LogP contribution >= 0.6 is 0 Å². The monoisotopic (exact) mass is 449 g/mol. The van der Waals surface area contributed by atoms with E-state index in [1.807, 2.05) is 53.1 Å². The van der Waals surface area contributed by atoms with Crippen LogP contribution in [-0.4, -0.2) is 53.5 Å². The summed E-state index contributed by atoms with van der Waals surface area (Å²) in [6.07, 6.45) is 3.65. The number of carbonyl (C=O) groups is 1. The van der Waals surface area contributed by atoms with Crippen molar-refractivity contribution in [2.45, 2.75) is 23.7 Å². The molecule has 0 bridgehead atoms. The highest BCUT2D eigenvalue weighted by Gasteiger charge is 2.28. The van der Waals surface area contributed by atoms with Crippen molar-refractivity contribution in [2.24, 2.45) is 0 Å². The Labute approximate surface area is 185 Å². The summed E-state index contributed by atoms with van der Waals surface area (Å²) in [6.45, 7) is 0.818. The highest BCUT2D eigenvalue weighted by molar-refractivity contribution is 7.89. The van der Waals surface area contributed by atoms with E-state index in [0.29, 0.717) is 13.1 Å². The second-order valence-electron chi connectivity index (χ2n) is 8.00. The molecule has 1 atom stereocenters. The molecular weight excluding hydrogens is 426 g/mol.